The van der Waals surface area contributed by atoms with E-state index >= 15 is 0 Å². The van der Waals surface area contributed by atoms with Crippen molar-refractivity contribution in [3.63, 3.8) is 0 Å². The minimum Gasteiger partial charge on any atom is -0.361 e. The second-order valence-corrected chi connectivity index (χ2v) is 4.54. The van der Waals surface area contributed by atoms with E-state index in [0.717, 1.165) is 23.0 Å². The molecule has 4 heteroatoms. The zero-order chi connectivity index (χ0) is 12.3. The topological polar surface area (TPSA) is 38.1 Å². The summed E-state index contributed by atoms with van der Waals surface area (Å²) in [6.45, 7) is 5.46. The van der Waals surface area contributed by atoms with Crippen molar-refractivity contribution in [2.24, 2.45) is 0 Å². The molecule has 1 aromatic carbocycles. The molecule has 0 fully saturated rings. The van der Waals surface area contributed by atoms with Crippen molar-refractivity contribution in [1.82, 2.24) is 10.5 Å². The number of hydrogen-bond acceptors (Lipinski definition) is 3. The molecule has 1 heterocycles. The van der Waals surface area contributed by atoms with Crippen molar-refractivity contribution in [2.75, 3.05) is 0 Å². The van der Waals surface area contributed by atoms with Crippen LogP contribution in [0.2, 0.25) is 5.02 Å². The molecule has 3 nitrogen and oxygen atoms in total. The normalized spacial score (nSPS) is 10.8. The number of rotatable bonds is 4. The fourth-order valence-electron chi connectivity index (χ4n) is 1.68. The van der Waals surface area contributed by atoms with Gasteiger partial charge in [0, 0.05) is 24.2 Å². The first-order chi connectivity index (χ1) is 8.15. The highest BCUT2D eigenvalue weighted by molar-refractivity contribution is 6.30. The van der Waals surface area contributed by atoms with Crippen molar-refractivity contribution >= 4 is 11.6 Å². The molecule has 17 heavy (non-hydrogen) atoms. The second-order valence-electron chi connectivity index (χ2n) is 4.10. The molecular weight excluding hydrogens is 236 g/mol. The quantitative estimate of drug-likeness (QED) is 0.905. The molecule has 0 bridgehead atoms. The van der Waals surface area contributed by atoms with Gasteiger partial charge < -0.3 is 9.84 Å². The molecule has 0 atom stereocenters. The van der Waals surface area contributed by atoms with Crippen LogP contribution >= 0.6 is 11.6 Å². The fourth-order valence-corrected chi connectivity index (χ4v) is 1.91. The maximum Gasteiger partial charge on any atom is 0.133 e. The number of aryl methyl sites for hydroxylation is 2. The third-order valence-corrected chi connectivity index (χ3v) is 2.84. The molecule has 2 rings (SSSR count). The summed E-state index contributed by atoms with van der Waals surface area (Å²) in [5.41, 5.74) is 3.37. The maximum atomic E-state index is 5.91. The van der Waals surface area contributed by atoms with Crippen LogP contribution in [0.1, 0.15) is 22.6 Å². The molecule has 0 unspecified atom stereocenters. The smallest absolute Gasteiger partial charge is 0.133 e. The third-order valence-electron chi connectivity index (χ3n) is 2.60. The van der Waals surface area contributed by atoms with E-state index in [-0.39, 0.29) is 0 Å². The summed E-state index contributed by atoms with van der Waals surface area (Å²) in [7, 11) is 0. The zero-order valence-corrected chi connectivity index (χ0v) is 10.7. The number of benzene rings is 1. The van der Waals surface area contributed by atoms with Gasteiger partial charge >= 0.3 is 0 Å². The Balaban J connectivity index is 1.90. The highest BCUT2D eigenvalue weighted by Crippen LogP contribution is 2.15. The van der Waals surface area contributed by atoms with E-state index in [2.05, 4.69) is 17.4 Å². The van der Waals surface area contributed by atoms with Crippen LogP contribution in [0, 0.1) is 13.8 Å². The largest absolute Gasteiger partial charge is 0.361 e. The molecule has 0 radical (unpaired) electrons. The van der Waals surface area contributed by atoms with E-state index in [1.54, 1.807) is 0 Å². The maximum absolute atomic E-state index is 5.91. The average molecular weight is 251 g/mol. The summed E-state index contributed by atoms with van der Waals surface area (Å²) in [5.74, 6) is 0.837. The van der Waals surface area contributed by atoms with Gasteiger partial charge in [0.25, 0.3) is 0 Å². The average Bonchev–Trinajstić information content (AvgIpc) is 2.68. The minimum absolute atomic E-state index is 0.708. The van der Waals surface area contributed by atoms with Crippen LogP contribution in [0.4, 0.5) is 0 Å². The summed E-state index contributed by atoms with van der Waals surface area (Å²) in [4.78, 5) is 0. The van der Waals surface area contributed by atoms with Gasteiger partial charge in [0.05, 0.1) is 5.69 Å². The molecule has 0 aliphatic heterocycles. The highest BCUT2D eigenvalue weighted by Gasteiger charge is 2.01. The lowest BCUT2D eigenvalue weighted by Crippen LogP contribution is -2.13. The predicted octanol–water partition coefficient (Wildman–Crippen LogP) is 3.23. The first-order valence-corrected chi connectivity index (χ1v) is 5.91. The monoisotopic (exact) mass is 250 g/mol. The predicted molar refractivity (Wildman–Crippen MR) is 68.0 cm³/mol. The molecule has 0 aliphatic rings. The first kappa shape index (κ1) is 12.1. The Morgan fingerprint density at radius 2 is 2.06 bits per heavy atom. The van der Waals surface area contributed by atoms with Gasteiger partial charge in [-0.3, -0.25) is 0 Å². The Bertz CT molecular complexity index is 508. The molecule has 0 spiro atoms. The van der Waals surface area contributed by atoms with E-state index < -0.39 is 0 Å². The van der Waals surface area contributed by atoms with Gasteiger partial charge in [-0.2, -0.15) is 0 Å². The summed E-state index contributed by atoms with van der Waals surface area (Å²) in [6.07, 6.45) is 0. The van der Waals surface area contributed by atoms with E-state index in [1.165, 1.54) is 11.1 Å². The van der Waals surface area contributed by atoms with E-state index in [0.29, 0.717) is 6.54 Å². The second kappa shape index (κ2) is 5.34. The van der Waals surface area contributed by atoms with E-state index in [1.807, 2.05) is 31.2 Å². The van der Waals surface area contributed by atoms with Crippen LogP contribution in [0.5, 0.6) is 0 Å². The molecule has 2 aromatic rings. The third kappa shape index (κ3) is 3.32. The number of hydrogen-bond donors (Lipinski definition) is 1. The fraction of sp³-hybridized carbons (Fsp3) is 0.308. The number of nitrogens with one attached hydrogen (secondary N) is 1. The van der Waals surface area contributed by atoms with Crippen molar-refractivity contribution in [1.29, 1.82) is 0 Å². The summed E-state index contributed by atoms with van der Waals surface area (Å²) in [6, 6.07) is 7.85. The molecule has 0 saturated carbocycles. The molecule has 0 aliphatic carbocycles. The summed E-state index contributed by atoms with van der Waals surface area (Å²) >= 11 is 5.91. The number of aromatic nitrogens is 1. The van der Waals surface area contributed by atoms with Gasteiger partial charge in [0.2, 0.25) is 0 Å². The van der Waals surface area contributed by atoms with Gasteiger partial charge in [-0.25, -0.2) is 0 Å². The van der Waals surface area contributed by atoms with Gasteiger partial charge in [-0.1, -0.05) is 22.8 Å². The lowest BCUT2D eigenvalue weighted by atomic mass is 10.1. The van der Waals surface area contributed by atoms with Crippen LogP contribution in [0.15, 0.2) is 28.8 Å². The Morgan fingerprint density at radius 1 is 1.24 bits per heavy atom. The molecule has 90 valence electrons. The Kier molecular flexibility index (Phi) is 3.82. The van der Waals surface area contributed by atoms with Gasteiger partial charge in [-0.15, -0.1) is 0 Å². The Labute approximate surface area is 106 Å². The Morgan fingerprint density at radius 3 is 2.71 bits per heavy atom. The summed E-state index contributed by atoms with van der Waals surface area (Å²) in [5, 5.41) is 8.03. The van der Waals surface area contributed by atoms with Crippen molar-refractivity contribution < 1.29 is 4.52 Å². The minimum atomic E-state index is 0.708. The van der Waals surface area contributed by atoms with Crippen molar-refractivity contribution in [3.8, 4) is 0 Å². The molecular formula is C13H15ClN2O. The van der Waals surface area contributed by atoms with Crippen molar-refractivity contribution in [2.45, 2.75) is 26.9 Å². The van der Waals surface area contributed by atoms with E-state index in [4.69, 9.17) is 16.1 Å². The van der Waals surface area contributed by atoms with Crippen LogP contribution < -0.4 is 5.32 Å². The molecule has 0 saturated heterocycles. The Hall–Kier alpha value is -1.32. The van der Waals surface area contributed by atoms with Crippen LogP contribution in [-0.2, 0) is 13.1 Å². The van der Waals surface area contributed by atoms with Gasteiger partial charge in [-0.05, 0) is 37.1 Å². The van der Waals surface area contributed by atoms with Crippen LogP contribution in [0.25, 0.3) is 0 Å². The lowest BCUT2D eigenvalue weighted by molar-refractivity contribution is 0.388. The zero-order valence-electron chi connectivity index (χ0n) is 9.96. The van der Waals surface area contributed by atoms with Crippen LogP contribution in [0.3, 0.4) is 0 Å². The summed E-state index contributed by atoms with van der Waals surface area (Å²) < 4.78 is 5.00. The number of halogens is 1. The SMILES string of the molecule is Cc1cc(CNCc2ccc(Cl)cc2C)no1. The van der Waals surface area contributed by atoms with Crippen LogP contribution in [-0.4, -0.2) is 5.16 Å². The molecule has 1 aromatic heterocycles. The highest BCUT2D eigenvalue weighted by atomic mass is 35.5. The van der Waals surface area contributed by atoms with E-state index in [9.17, 15) is 0 Å². The molecule has 1 N–H and O–H groups in total. The number of nitrogens with zero attached hydrogens (tertiary/aromatic N) is 1. The molecule has 0 amide bonds. The first-order valence-electron chi connectivity index (χ1n) is 5.53. The standard InChI is InChI=1S/C13H15ClN2O/c1-9-5-12(14)4-3-11(9)7-15-8-13-6-10(2)17-16-13/h3-6,15H,7-8H2,1-2H3. The van der Waals surface area contributed by atoms with Crippen molar-refractivity contribution in [3.05, 3.63) is 51.9 Å². The van der Waals surface area contributed by atoms with Gasteiger partial charge in [0.1, 0.15) is 5.76 Å². The van der Waals surface area contributed by atoms with Gasteiger partial charge in [0.15, 0.2) is 0 Å². The lowest BCUT2D eigenvalue weighted by Gasteiger charge is -2.06.